The van der Waals surface area contributed by atoms with Gasteiger partial charge in [-0.2, -0.15) is 0 Å². The summed E-state index contributed by atoms with van der Waals surface area (Å²) in [4.78, 5) is 25.7. The lowest BCUT2D eigenvalue weighted by Crippen LogP contribution is -2.49. The molecule has 3 heterocycles. The van der Waals surface area contributed by atoms with Crippen LogP contribution in [0.15, 0.2) is 77.9 Å². The summed E-state index contributed by atoms with van der Waals surface area (Å²) in [5, 5.41) is 3.57. The predicted octanol–water partition coefficient (Wildman–Crippen LogP) is 3.95. The average molecular weight is 490 g/mol. The van der Waals surface area contributed by atoms with Crippen LogP contribution in [-0.2, 0) is 35.0 Å². The Labute approximate surface area is 211 Å². The SMILES string of the molecule is COC(=O)C1=C(C(=O)OC)C2(C(Cc3ccc(C4CCOCC4)cc3)Nc3ccccc3)C=CC1O2. The molecule has 3 aliphatic rings. The summed E-state index contributed by atoms with van der Waals surface area (Å²) >= 11 is 0. The van der Waals surface area contributed by atoms with Crippen molar-refractivity contribution in [2.75, 3.05) is 32.8 Å². The van der Waals surface area contributed by atoms with Gasteiger partial charge < -0.3 is 24.3 Å². The summed E-state index contributed by atoms with van der Waals surface area (Å²) in [6.45, 7) is 1.60. The Balaban J connectivity index is 1.50. The average Bonchev–Trinajstić information content (AvgIpc) is 3.52. The Bertz CT molecular complexity index is 1170. The van der Waals surface area contributed by atoms with Gasteiger partial charge in [0, 0.05) is 18.9 Å². The first-order valence-corrected chi connectivity index (χ1v) is 12.3. The maximum absolute atomic E-state index is 13.0. The number of rotatable bonds is 8. The molecule has 1 saturated heterocycles. The smallest absolute Gasteiger partial charge is 0.337 e. The van der Waals surface area contributed by atoms with Gasteiger partial charge in [-0.05, 0) is 54.5 Å². The third-order valence-corrected chi connectivity index (χ3v) is 7.32. The normalized spacial score (nSPS) is 24.0. The molecule has 0 saturated carbocycles. The standard InChI is InChI=1S/C29H31NO6/c1-33-27(31)25-23-12-15-29(36-23,26(25)28(32)34-2)24(30-22-6-4-3-5-7-22)18-19-8-10-20(11-9-19)21-13-16-35-17-14-21/h3-12,15,21,23-24,30H,13-14,16-18H2,1-2H3. The van der Waals surface area contributed by atoms with Gasteiger partial charge >= 0.3 is 11.9 Å². The lowest BCUT2D eigenvalue weighted by Gasteiger charge is -2.36. The van der Waals surface area contributed by atoms with Gasteiger partial charge in [-0.1, -0.05) is 48.5 Å². The van der Waals surface area contributed by atoms with Gasteiger partial charge in [0.25, 0.3) is 0 Å². The fourth-order valence-electron chi connectivity index (χ4n) is 5.48. The number of fused-ring (bicyclic) bond motifs is 2. The Morgan fingerprint density at radius 2 is 1.69 bits per heavy atom. The first-order chi connectivity index (χ1) is 17.6. The molecule has 3 atom stereocenters. The molecule has 3 aliphatic heterocycles. The summed E-state index contributed by atoms with van der Waals surface area (Å²) in [5.41, 5.74) is 2.49. The number of ether oxygens (including phenoxy) is 4. The molecule has 1 fully saturated rings. The fourth-order valence-corrected chi connectivity index (χ4v) is 5.48. The van der Waals surface area contributed by atoms with Crippen LogP contribution in [0.5, 0.6) is 0 Å². The maximum Gasteiger partial charge on any atom is 0.337 e. The molecule has 2 bridgehead atoms. The van der Waals surface area contributed by atoms with Gasteiger partial charge in [-0.15, -0.1) is 0 Å². The van der Waals surface area contributed by atoms with Crippen LogP contribution in [0.1, 0.15) is 29.9 Å². The van der Waals surface area contributed by atoms with E-state index in [4.69, 9.17) is 18.9 Å². The van der Waals surface area contributed by atoms with Crippen LogP contribution in [-0.4, -0.2) is 57.1 Å². The third-order valence-electron chi connectivity index (χ3n) is 7.32. The summed E-state index contributed by atoms with van der Waals surface area (Å²) < 4.78 is 22.0. The van der Waals surface area contributed by atoms with Crippen molar-refractivity contribution in [1.29, 1.82) is 0 Å². The van der Waals surface area contributed by atoms with Crippen molar-refractivity contribution >= 4 is 17.6 Å². The summed E-state index contributed by atoms with van der Waals surface area (Å²) in [5.74, 6) is -0.680. The van der Waals surface area contributed by atoms with E-state index in [1.165, 1.54) is 19.8 Å². The number of nitrogens with one attached hydrogen (secondary N) is 1. The molecule has 188 valence electrons. The van der Waals surface area contributed by atoms with E-state index < -0.39 is 29.7 Å². The number of hydrogen-bond acceptors (Lipinski definition) is 7. The number of esters is 2. The Kier molecular flexibility index (Phi) is 6.94. The molecule has 0 aromatic heterocycles. The summed E-state index contributed by atoms with van der Waals surface area (Å²) in [7, 11) is 2.61. The highest BCUT2D eigenvalue weighted by Gasteiger charge is 2.58. The minimum atomic E-state index is -1.18. The van der Waals surface area contributed by atoms with Gasteiger partial charge in [0.05, 0.1) is 31.4 Å². The molecule has 0 spiro atoms. The van der Waals surface area contributed by atoms with E-state index in [1.54, 1.807) is 0 Å². The van der Waals surface area contributed by atoms with Gasteiger partial charge in [-0.3, -0.25) is 0 Å². The quantitative estimate of drug-likeness (QED) is 0.444. The van der Waals surface area contributed by atoms with Crippen molar-refractivity contribution in [2.24, 2.45) is 0 Å². The monoisotopic (exact) mass is 489 g/mol. The van der Waals surface area contributed by atoms with Crippen LogP contribution in [0.25, 0.3) is 0 Å². The van der Waals surface area contributed by atoms with E-state index in [9.17, 15) is 9.59 Å². The lowest BCUT2D eigenvalue weighted by molar-refractivity contribution is -0.139. The molecule has 36 heavy (non-hydrogen) atoms. The lowest BCUT2D eigenvalue weighted by atomic mass is 9.78. The molecule has 0 amide bonds. The number of carbonyl (C=O) groups excluding carboxylic acids is 2. The minimum Gasteiger partial charge on any atom is -0.466 e. The maximum atomic E-state index is 13.0. The number of para-hydroxylation sites is 1. The van der Waals surface area contributed by atoms with Crippen molar-refractivity contribution in [3.05, 3.63) is 89.0 Å². The number of hydrogen-bond donors (Lipinski definition) is 1. The number of anilines is 1. The molecule has 2 aromatic carbocycles. The molecule has 7 nitrogen and oxygen atoms in total. The molecular formula is C29H31NO6. The van der Waals surface area contributed by atoms with Crippen LogP contribution in [0.4, 0.5) is 5.69 Å². The van der Waals surface area contributed by atoms with Crippen LogP contribution < -0.4 is 5.32 Å². The summed E-state index contributed by atoms with van der Waals surface area (Å²) in [6, 6.07) is 18.0. The Morgan fingerprint density at radius 1 is 1.00 bits per heavy atom. The fraction of sp³-hybridized carbons (Fsp3) is 0.379. The zero-order valence-electron chi connectivity index (χ0n) is 20.6. The minimum absolute atomic E-state index is 0.191. The molecule has 1 N–H and O–H groups in total. The number of benzene rings is 2. The highest BCUT2D eigenvalue weighted by atomic mass is 16.6. The number of carbonyl (C=O) groups is 2. The van der Waals surface area contributed by atoms with Gasteiger partial charge in [0.15, 0.2) is 0 Å². The molecular weight excluding hydrogens is 458 g/mol. The second-order valence-corrected chi connectivity index (χ2v) is 9.36. The van der Waals surface area contributed by atoms with E-state index in [0.717, 1.165) is 37.3 Å². The van der Waals surface area contributed by atoms with E-state index in [-0.39, 0.29) is 11.1 Å². The topological polar surface area (TPSA) is 83.1 Å². The van der Waals surface area contributed by atoms with E-state index >= 15 is 0 Å². The zero-order valence-corrected chi connectivity index (χ0v) is 20.6. The molecule has 3 unspecified atom stereocenters. The second kappa shape index (κ2) is 10.3. The van der Waals surface area contributed by atoms with Gasteiger partial charge in [0.1, 0.15) is 11.7 Å². The van der Waals surface area contributed by atoms with Crippen molar-refractivity contribution in [3.8, 4) is 0 Å². The molecule has 5 rings (SSSR count). The first-order valence-electron chi connectivity index (χ1n) is 12.3. The van der Waals surface area contributed by atoms with E-state index in [2.05, 4.69) is 29.6 Å². The van der Waals surface area contributed by atoms with E-state index in [0.29, 0.717) is 12.3 Å². The van der Waals surface area contributed by atoms with Crippen molar-refractivity contribution < 1.29 is 28.5 Å². The van der Waals surface area contributed by atoms with Crippen LogP contribution >= 0.6 is 0 Å². The third kappa shape index (κ3) is 4.45. The van der Waals surface area contributed by atoms with Crippen molar-refractivity contribution in [1.82, 2.24) is 0 Å². The number of methoxy groups -OCH3 is 2. The Morgan fingerprint density at radius 3 is 2.36 bits per heavy atom. The Hall–Kier alpha value is -3.42. The van der Waals surface area contributed by atoms with Crippen molar-refractivity contribution in [2.45, 2.75) is 42.9 Å². The van der Waals surface area contributed by atoms with Gasteiger partial charge in [-0.25, -0.2) is 9.59 Å². The van der Waals surface area contributed by atoms with E-state index in [1.807, 2.05) is 42.5 Å². The van der Waals surface area contributed by atoms with Crippen LogP contribution in [0.3, 0.4) is 0 Å². The molecule has 0 aliphatic carbocycles. The highest BCUT2D eigenvalue weighted by molar-refractivity contribution is 6.05. The largest absolute Gasteiger partial charge is 0.466 e. The zero-order chi connectivity index (χ0) is 25.1. The van der Waals surface area contributed by atoms with Crippen molar-refractivity contribution in [3.63, 3.8) is 0 Å². The molecule has 7 heteroatoms. The van der Waals surface area contributed by atoms with Crippen LogP contribution in [0.2, 0.25) is 0 Å². The molecule has 2 aromatic rings. The molecule has 0 radical (unpaired) electrons. The second-order valence-electron chi connectivity index (χ2n) is 9.36. The predicted molar refractivity (Wildman–Crippen MR) is 135 cm³/mol. The highest BCUT2D eigenvalue weighted by Crippen LogP contribution is 2.47. The van der Waals surface area contributed by atoms with Gasteiger partial charge in [0.2, 0.25) is 0 Å². The summed E-state index contributed by atoms with van der Waals surface area (Å²) in [6.07, 6.45) is 5.63. The first kappa shape index (κ1) is 24.3. The van der Waals surface area contributed by atoms with Crippen LogP contribution in [0, 0.1) is 0 Å².